The van der Waals surface area contributed by atoms with Crippen molar-refractivity contribution in [2.24, 2.45) is 0 Å². The van der Waals surface area contributed by atoms with Crippen LogP contribution in [0.15, 0.2) is 18.2 Å². The van der Waals surface area contributed by atoms with Gasteiger partial charge in [0.25, 0.3) is 0 Å². The number of rotatable bonds is 2. The molecule has 90 valence electrons. The van der Waals surface area contributed by atoms with Gasteiger partial charge in [-0.15, -0.1) is 0 Å². The Labute approximate surface area is 100 Å². The largest absolute Gasteiger partial charge is 0.398 e. The van der Waals surface area contributed by atoms with Gasteiger partial charge in [-0.2, -0.15) is 5.26 Å². The van der Waals surface area contributed by atoms with Crippen LogP contribution in [0, 0.1) is 11.3 Å². The van der Waals surface area contributed by atoms with E-state index in [1.165, 1.54) is 0 Å². The molecule has 0 amide bonds. The molecule has 0 radical (unpaired) electrons. The number of anilines is 2. The standard InChI is InChI=1S/C12H15N3O2/c13-6-9-1-2-10(5-12(9)14)15-3-4-17-8-11(15)7-16/h1-2,5,11,16H,3-4,7-8,14H2. The Morgan fingerprint density at radius 1 is 1.59 bits per heavy atom. The Kier molecular flexibility index (Phi) is 3.47. The van der Waals surface area contributed by atoms with Crippen LogP contribution >= 0.6 is 0 Å². The first kappa shape index (κ1) is 11.7. The fourth-order valence-corrected chi connectivity index (χ4v) is 1.98. The summed E-state index contributed by atoms with van der Waals surface area (Å²) in [7, 11) is 0. The second kappa shape index (κ2) is 5.04. The Morgan fingerprint density at radius 3 is 3.06 bits per heavy atom. The first-order chi connectivity index (χ1) is 8.26. The Morgan fingerprint density at radius 2 is 2.41 bits per heavy atom. The summed E-state index contributed by atoms with van der Waals surface area (Å²) in [5.74, 6) is 0. The highest BCUT2D eigenvalue weighted by molar-refractivity contribution is 5.64. The van der Waals surface area contributed by atoms with Gasteiger partial charge in [0.2, 0.25) is 0 Å². The van der Waals surface area contributed by atoms with Gasteiger partial charge in [0.15, 0.2) is 0 Å². The van der Waals surface area contributed by atoms with E-state index in [0.717, 1.165) is 12.2 Å². The van der Waals surface area contributed by atoms with Crippen LogP contribution in [0.3, 0.4) is 0 Å². The molecule has 0 saturated carbocycles. The van der Waals surface area contributed by atoms with E-state index >= 15 is 0 Å². The highest BCUT2D eigenvalue weighted by atomic mass is 16.5. The van der Waals surface area contributed by atoms with Crippen molar-refractivity contribution < 1.29 is 9.84 Å². The lowest BCUT2D eigenvalue weighted by Gasteiger charge is -2.36. The third kappa shape index (κ3) is 2.33. The number of hydrogen-bond donors (Lipinski definition) is 2. The second-order valence-electron chi connectivity index (χ2n) is 3.99. The number of nitrogens with two attached hydrogens (primary N) is 1. The summed E-state index contributed by atoms with van der Waals surface area (Å²) in [5, 5.41) is 18.1. The summed E-state index contributed by atoms with van der Waals surface area (Å²) in [6.07, 6.45) is 0. The maximum Gasteiger partial charge on any atom is 0.101 e. The number of benzene rings is 1. The molecule has 1 atom stereocenters. The van der Waals surface area contributed by atoms with E-state index in [0.29, 0.717) is 24.5 Å². The Balaban J connectivity index is 2.26. The molecule has 0 bridgehead atoms. The Hall–Kier alpha value is -1.77. The zero-order chi connectivity index (χ0) is 12.3. The molecule has 1 unspecified atom stereocenters. The van der Waals surface area contributed by atoms with Crippen molar-refractivity contribution >= 4 is 11.4 Å². The monoisotopic (exact) mass is 233 g/mol. The lowest BCUT2D eigenvalue weighted by Crippen LogP contribution is -2.47. The summed E-state index contributed by atoms with van der Waals surface area (Å²) in [6.45, 7) is 1.91. The van der Waals surface area contributed by atoms with Crippen molar-refractivity contribution in [2.45, 2.75) is 6.04 Å². The van der Waals surface area contributed by atoms with E-state index in [9.17, 15) is 5.11 Å². The van der Waals surface area contributed by atoms with Crippen LogP contribution in [-0.2, 0) is 4.74 Å². The van der Waals surface area contributed by atoms with Gasteiger partial charge < -0.3 is 20.5 Å². The van der Waals surface area contributed by atoms with Crippen molar-refractivity contribution in [3.63, 3.8) is 0 Å². The van der Waals surface area contributed by atoms with E-state index in [2.05, 4.69) is 4.90 Å². The molecule has 17 heavy (non-hydrogen) atoms. The molecular formula is C12H15N3O2. The van der Waals surface area contributed by atoms with Crippen molar-refractivity contribution in [1.29, 1.82) is 5.26 Å². The first-order valence-electron chi connectivity index (χ1n) is 5.51. The van der Waals surface area contributed by atoms with Crippen molar-refractivity contribution in [1.82, 2.24) is 0 Å². The molecule has 1 aliphatic heterocycles. The highest BCUT2D eigenvalue weighted by Crippen LogP contribution is 2.24. The quantitative estimate of drug-likeness (QED) is 0.720. The molecule has 5 heteroatoms. The molecule has 5 nitrogen and oxygen atoms in total. The van der Waals surface area contributed by atoms with Gasteiger partial charge in [0.05, 0.1) is 37.1 Å². The van der Waals surface area contributed by atoms with E-state index in [1.54, 1.807) is 12.1 Å². The minimum Gasteiger partial charge on any atom is -0.398 e. The molecule has 2 rings (SSSR count). The average molecular weight is 233 g/mol. The van der Waals surface area contributed by atoms with Crippen LogP contribution in [0.4, 0.5) is 11.4 Å². The molecule has 3 N–H and O–H groups in total. The lowest BCUT2D eigenvalue weighted by molar-refractivity contribution is 0.0727. The van der Waals surface area contributed by atoms with Crippen molar-refractivity contribution in [2.75, 3.05) is 37.0 Å². The normalized spacial score (nSPS) is 20.0. The second-order valence-corrected chi connectivity index (χ2v) is 3.99. The van der Waals surface area contributed by atoms with Crippen LogP contribution in [0.5, 0.6) is 0 Å². The van der Waals surface area contributed by atoms with Crippen molar-refractivity contribution in [3.05, 3.63) is 23.8 Å². The van der Waals surface area contributed by atoms with Crippen LogP contribution in [-0.4, -0.2) is 37.5 Å². The first-order valence-corrected chi connectivity index (χ1v) is 5.51. The lowest BCUT2D eigenvalue weighted by atomic mass is 10.1. The predicted molar refractivity (Wildman–Crippen MR) is 64.6 cm³/mol. The summed E-state index contributed by atoms with van der Waals surface area (Å²) < 4.78 is 5.31. The zero-order valence-electron chi connectivity index (χ0n) is 9.47. The minimum atomic E-state index is -0.0453. The number of ether oxygens (including phenoxy) is 1. The van der Waals surface area contributed by atoms with Gasteiger partial charge in [-0.3, -0.25) is 0 Å². The smallest absolute Gasteiger partial charge is 0.101 e. The van der Waals surface area contributed by atoms with Gasteiger partial charge >= 0.3 is 0 Å². The number of aliphatic hydroxyl groups is 1. The van der Waals surface area contributed by atoms with E-state index in [4.69, 9.17) is 15.7 Å². The molecule has 1 aromatic rings. The van der Waals surface area contributed by atoms with Crippen molar-refractivity contribution in [3.8, 4) is 6.07 Å². The van der Waals surface area contributed by atoms with E-state index < -0.39 is 0 Å². The molecule has 0 spiro atoms. The zero-order valence-corrected chi connectivity index (χ0v) is 9.47. The summed E-state index contributed by atoms with van der Waals surface area (Å²) in [6, 6.07) is 7.31. The topological polar surface area (TPSA) is 82.5 Å². The third-order valence-electron chi connectivity index (χ3n) is 2.93. The minimum absolute atomic E-state index is 0.0416. The fraction of sp³-hybridized carbons (Fsp3) is 0.417. The van der Waals surface area contributed by atoms with Gasteiger partial charge in [0.1, 0.15) is 6.07 Å². The molecule has 1 saturated heterocycles. The van der Waals surface area contributed by atoms with Gasteiger partial charge in [0, 0.05) is 12.2 Å². The maximum absolute atomic E-state index is 9.29. The Bertz CT molecular complexity index is 442. The summed E-state index contributed by atoms with van der Waals surface area (Å²) in [5.41, 5.74) is 7.64. The maximum atomic E-state index is 9.29. The average Bonchev–Trinajstić information content (AvgIpc) is 2.38. The van der Waals surface area contributed by atoms with Gasteiger partial charge in [-0.05, 0) is 18.2 Å². The molecular weight excluding hydrogens is 218 g/mol. The third-order valence-corrected chi connectivity index (χ3v) is 2.93. The number of morpholine rings is 1. The van der Waals surface area contributed by atoms with Gasteiger partial charge in [-0.1, -0.05) is 0 Å². The molecule has 0 aromatic heterocycles. The van der Waals surface area contributed by atoms with Crippen LogP contribution in [0.25, 0.3) is 0 Å². The van der Waals surface area contributed by atoms with Gasteiger partial charge in [-0.25, -0.2) is 0 Å². The summed E-state index contributed by atoms with van der Waals surface area (Å²) >= 11 is 0. The highest BCUT2D eigenvalue weighted by Gasteiger charge is 2.22. The van der Waals surface area contributed by atoms with Crippen LogP contribution in [0.1, 0.15) is 5.56 Å². The van der Waals surface area contributed by atoms with Crippen LogP contribution in [0.2, 0.25) is 0 Å². The number of hydrogen-bond acceptors (Lipinski definition) is 5. The molecule has 0 aliphatic carbocycles. The van der Waals surface area contributed by atoms with E-state index in [-0.39, 0.29) is 12.6 Å². The predicted octanol–water partition coefficient (Wildman–Crippen LogP) is 0.338. The SMILES string of the molecule is N#Cc1ccc(N2CCOCC2CO)cc1N. The van der Waals surface area contributed by atoms with E-state index in [1.807, 2.05) is 12.1 Å². The molecule has 1 aliphatic rings. The van der Waals surface area contributed by atoms with Crippen LogP contribution < -0.4 is 10.6 Å². The number of nitriles is 1. The number of nitrogens with zero attached hydrogens (tertiary/aromatic N) is 2. The molecule has 1 aromatic carbocycles. The summed E-state index contributed by atoms with van der Waals surface area (Å²) in [4.78, 5) is 2.06. The molecule has 1 fully saturated rings. The number of aliphatic hydroxyl groups excluding tert-OH is 1. The molecule has 1 heterocycles. The number of nitrogen functional groups attached to an aromatic ring is 1. The fourth-order valence-electron chi connectivity index (χ4n) is 1.98.